The highest BCUT2D eigenvalue weighted by Gasteiger charge is 2.52. The predicted molar refractivity (Wildman–Crippen MR) is 206 cm³/mol. The number of fused-ring (bicyclic) bond motifs is 1. The van der Waals surface area contributed by atoms with E-state index in [1.807, 2.05) is 18.5 Å². The molecule has 1 heterocycles. The first-order chi connectivity index (χ1) is 32.6. The van der Waals surface area contributed by atoms with Crippen molar-refractivity contribution < 1.29 is 92.4 Å². The maximum Gasteiger partial charge on any atom is 0.200 e. The SMILES string of the molecule is Fc1c(F)c(F)c([B-](c2c(F)c(F)c(F)c(F)c2F)(c2c(F)c(F)c(F)c(F)c2F)c2c(F)c(F)c(F)c(F)c2F)c(F)c1F.c1ccc(C[n+]2ccnc(Cc3ccc4ccccc4c3)c2)cc1. The van der Waals surface area contributed by atoms with Gasteiger partial charge in [0.2, 0.25) is 0 Å². The zero-order valence-corrected chi connectivity index (χ0v) is 33.6. The van der Waals surface area contributed by atoms with Crippen molar-refractivity contribution in [2.24, 2.45) is 0 Å². The summed E-state index contributed by atoms with van der Waals surface area (Å²) in [6.07, 6.45) is -0.315. The first-order valence-corrected chi connectivity index (χ1v) is 19.2. The Hall–Kier alpha value is -7.46. The van der Waals surface area contributed by atoms with Crippen LogP contribution in [0.3, 0.4) is 0 Å². The van der Waals surface area contributed by atoms with E-state index < -0.39 is 144 Å². The number of nitrogens with zero attached hydrogens (tertiary/aromatic N) is 2. The Morgan fingerprint density at radius 2 is 0.681 bits per heavy atom. The van der Waals surface area contributed by atoms with E-state index in [-0.39, 0.29) is 0 Å². The summed E-state index contributed by atoms with van der Waals surface area (Å²) in [6, 6.07) is 25.6. The molecule has 2 nitrogen and oxygen atoms in total. The molecular weight excluding hydrogens is 971 g/mol. The van der Waals surface area contributed by atoms with E-state index in [9.17, 15) is 52.7 Å². The number of hydrogen-bond donors (Lipinski definition) is 0. The van der Waals surface area contributed by atoms with Gasteiger partial charge in [-0.2, -0.15) is 4.57 Å². The fraction of sp³-hybridized carbons (Fsp3) is 0.0435. The minimum Gasteiger partial charge on any atom is -0.248 e. The van der Waals surface area contributed by atoms with Gasteiger partial charge in [0.25, 0.3) is 0 Å². The van der Waals surface area contributed by atoms with Crippen molar-refractivity contribution in [3.05, 3.63) is 225 Å². The van der Waals surface area contributed by atoms with Crippen LogP contribution in [-0.4, -0.2) is 11.1 Å². The van der Waals surface area contributed by atoms with Gasteiger partial charge in [-0.15, -0.1) is 21.9 Å². The maximum atomic E-state index is 15.4. The third kappa shape index (κ3) is 8.26. The summed E-state index contributed by atoms with van der Waals surface area (Å²) in [6.45, 7) is 0.869. The van der Waals surface area contributed by atoms with Crippen molar-refractivity contribution in [3.8, 4) is 0 Å². The Morgan fingerprint density at radius 1 is 0.348 bits per heavy atom. The molecule has 0 bridgehead atoms. The van der Waals surface area contributed by atoms with Crippen LogP contribution in [0.25, 0.3) is 10.8 Å². The zero-order valence-electron chi connectivity index (χ0n) is 33.6. The van der Waals surface area contributed by atoms with Gasteiger partial charge < -0.3 is 0 Å². The van der Waals surface area contributed by atoms with Crippen molar-refractivity contribution in [3.63, 3.8) is 0 Å². The molecule has 0 unspecified atom stereocenters. The molecule has 0 amide bonds. The predicted octanol–water partition coefficient (Wildman–Crippen LogP) is 10.0. The lowest BCUT2D eigenvalue weighted by Gasteiger charge is -2.44. The number of rotatable bonds is 8. The summed E-state index contributed by atoms with van der Waals surface area (Å²) in [5.41, 5.74) is -10.7. The normalized spacial score (nSPS) is 11.6. The lowest BCUT2D eigenvalue weighted by Crippen LogP contribution is -2.81. The third-order valence-electron chi connectivity index (χ3n) is 10.9. The Labute approximate surface area is 373 Å². The molecule has 69 heavy (non-hydrogen) atoms. The summed E-state index contributed by atoms with van der Waals surface area (Å²) >= 11 is 0. The molecule has 23 heteroatoms. The van der Waals surface area contributed by atoms with Crippen molar-refractivity contribution in [1.29, 1.82) is 0 Å². The Kier molecular flexibility index (Phi) is 13.6. The molecule has 0 spiro atoms. The molecule has 0 fully saturated rings. The molecule has 8 rings (SSSR count). The monoisotopic (exact) mass is 990 g/mol. The fourth-order valence-corrected chi connectivity index (χ4v) is 7.90. The molecule has 0 radical (unpaired) electrons. The van der Waals surface area contributed by atoms with Crippen LogP contribution >= 0.6 is 0 Å². The van der Waals surface area contributed by atoms with Crippen molar-refractivity contribution in [2.75, 3.05) is 0 Å². The Morgan fingerprint density at radius 3 is 1.06 bits per heavy atom. The molecule has 356 valence electrons. The number of hydrogen-bond acceptors (Lipinski definition) is 1. The molecule has 0 saturated heterocycles. The minimum absolute atomic E-state index is 0.848. The van der Waals surface area contributed by atoms with Crippen molar-refractivity contribution in [1.82, 2.24) is 4.98 Å². The van der Waals surface area contributed by atoms with E-state index in [1.165, 1.54) is 21.9 Å². The second-order valence-corrected chi connectivity index (χ2v) is 14.9. The fourth-order valence-electron chi connectivity index (χ4n) is 7.90. The van der Waals surface area contributed by atoms with Gasteiger partial charge in [0.05, 0.1) is 6.20 Å². The Balaban J connectivity index is 0.000000244. The first kappa shape index (κ1) is 49.4. The van der Waals surface area contributed by atoms with Crippen LogP contribution in [0.15, 0.2) is 91.4 Å². The van der Waals surface area contributed by atoms with Crippen LogP contribution in [0.2, 0.25) is 0 Å². The standard InChI is InChI=1S/C24BF20.C22H19N2/c26-5-1(6(27)14(35)21(42)13(5)34)25(2-7(28)15(36)22(43)16(37)8(2)29,3-9(30)17(38)23(44)18(39)10(3)31)4-11(32)19(40)24(45)20(41)12(4)33;1-2-6-18(7-3-1)16-24-13-12-23-22(17-24)15-19-10-11-20-8-4-5-9-21(20)14-19/h;1-14,17H,15-16H2/q-1;+1. The van der Waals surface area contributed by atoms with Gasteiger partial charge in [-0.1, -0.05) is 72.8 Å². The van der Waals surface area contributed by atoms with Crippen molar-refractivity contribution in [2.45, 2.75) is 13.0 Å². The summed E-state index contributed by atoms with van der Waals surface area (Å²) in [5, 5.41) is 2.56. The molecule has 0 saturated carbocycles. The highest BCUT2D eigenvalue weighted by molar-refractivity contribution is 7.20. The minimum atomic E-state index is -7.22. The molecular formula is C46H19BF20N2. The first-order valence-electron chi connectivity index (χ1n) is 19.2. The Bertz CT molecular complexity index is 2970. The summed E-state index contributed by atoms with van der Waals surface area (Å²) < 4.78 is 296. The van der Waals surface area contributed by atoms with E-state index >= 15 is 35.1 Å². The molecule has 0 aliphatic rings. The largest absolute Gasteiger partial charge is 0.248 e. The molecule has 0 N–H and O–H groups in total. The second kappa shape index (κ2) is 18.9. The van der Waals surface area contributed by atoms with Crippen LogP contribution < -0.4 is 26.4 Å². The van der Waals surface area contributed by atoms with E-state index in [4.69, 9.17) is 0 Å². The summed E-state index contributed by atoms with van der Waals surface area (Å²) in [7, 11) is 0. The average molecular weight is 990 g/mol. The second-order valence-electron chi connectivity index (χ2n) is 14.9. The molecule has 0 aliphatic carbocycles. The lowest BCUT2D eigenvalue weighted by atomic mass is 9.12. The van der Waals surface area contributed by atoms with Gasteiger partial charge in [-0.05, 0) is 16.3 Å². The number of aromatic nitrogens is 2. The summed E-state index contributed by atoms with van der Waals surface area (Å²) in [5.74, 6) is -71.4. The number of benzene rings is 7. The highest BCUT2D eigenvalue weighted by Crippen LogP contribution is 2.31. The van der Waals surface area contributed by atoms with E-state index in [0.717, 1.165) is 18.7 Å². The third-order valence-corrected chi connectivity index (χ3v) is 10.9. The van der Waals surface area contributed by atoms with E-state index in [2.05, 4.69) is 82.5 Å². The topological polar surface area (TPSA) is 16.8 Å². The van der Waals surface area contributed by atoms with Gasteiger partial charge in [0.1, 0.15) is 58.4 Å². The van der Waals surface area contributed by atoms with Crippen LogP contribution in [0.5, 0.6) is 0 Å². The maximum absolute atomic E-state index is 15.4. The van der Waals surface area contributed by atoms with Crippen LogP contribution in [0, 0.1) is 116 Å². The van der Waals surface area contributed by atoms with Crippen LogP contribution in [-0.2, 0) is 13.0 Å². The molecule has 0 aliphatic heterocycles. The molecule has 7 aromatic carbocycles. The number of halogens is 20. The van der Waals surface area contributed by atoms with Gasteiger partial charge >= 0.3 is 0 Å². The van der Waals surface area contributed by atoms with E-state index in [1.54, 1.807) is 0 Å². The van der Waals surface area contributed by atoms with Crippen molar-refractivity contribution >= 4 is 38.8 Å². The van der Waals surface area contributed by atoms with Crippen LogP contribution in [0.4, 0.5) is 87.8 Å². The average Bonchev–Trinajstić information content (AvgIpc) is 3.34. The molecule has 1 aromatic heterocycles. The zero-order chi connectivity index (χ0) is 50.5. The van der Waals surface area contributed by atoms with Gasteiger partial charge in [0.15, 0.2) is 88.7 Å². The highest BCUT2D eigenvalue weighted by atomic mass is 19.2. The van der Waals surface area contributed by atoms with E-state index in [0.29, 0.717) is 0 Å². The summed E-state index contributed by atoms with van der Waals surface area (Å²) in [4.78, 5) is 4.54. The van der Waals surface area contributed by atoms with Gasteiger partial charge in [0, 0.05) is 12.0 Å². The smallest absolute Gasteiger partial charge is 0.200 e. The quantitative estimate of drug-likeness (QED) is 0.0488. The molecule has 8 aromatic rings. The lowest BCUT2D eigenvalue weighted by molar-refractivity contribution is -0.689. The molecule has 0 atom stereocenters. The van der Waals surface area contributed by atoms with Gasteiger partial charge in [-0.3, -0.25) is 0 Å². The van der Waals surface area contributed by atoms with Crippen LogP contribution in [0.1, 0.15) is 16.8 Å². The van der Waals surface area contributed by atoms with Gasteiger partial charge in [-0.25, -0.2) is 92.8 Å².